The Kier molecular flexibility index (Phi) is 6.45. The van der Waals surface area contributed by atoms with Gasteiger partial charge in [-0.05, 0) is 12.8 Å². The predicted molar refractivity (Wildman–Crippen MR) is 62.7 cm³/mol. The second kappa shape index (κ2) is 7.65. The summed E-state index contributed by atoms with van der Waals surface area (Å²) in [5.74, 6) is -0.801. The number of likely N-dealkylation sites (tertiary alicyclic amines) is 1. The van der Waals surface area contributed by atoms with E-state index >= 15 is 0 Å². The van der Waals surface area contributed by atoms with Crippen molar-refractivity contribution < 1.29 is 14.6 Å². The third-order valence-corrected chi connectivity index (χ3v) is 2.83. The number of rotatable bonds is 6. The second-order valence-electron chi connectivity index (χ2n) is 3.88. The number of ether oxygens (including phenoxy) is 1. The summed E-state index contributed by atoms with van der Waals surface area (Å²) in [5.41, 5.74) is 1.54. The van der Waals surface area contributed by atoms with E-state index in [1.165, 1.54) is 5.54 Å². The molecule has 1 fully saturated rings. The Morgan fingerprint density at radius 2 is 2.19 bits per heavy atom. The minimum absolute atomic E-state index is 0.0925. The molecule has 0 amide bonds. The van der Waals surface area contributed by atoms with Crippen molar-refractivity contribution in [2.45, 2.75) is 25.4 Å². The van der Waals surface area contributed by atoms with Gasteiger partial charge < -0.3 is 9.84 Å². The van der Waals surface area contributed by atoms with Gasteiger partial charge in [0.15, 0.2) is 0 Å². The molecule has 0 radical (unpaired) electrons. The Bertz CT molecular complexity index is 237. The molecule has 0 spiro atoms. The molecule has 0 bridgehead atoms. The number of hydrogen-bond donors (Lipinski definition) is 1. The molecule has 0 aliphatic carbocycles. The molecular weight excluding hydrogens is 230 g/mol. The topological polar surface area (TPSA) is 49.8 Å². The molecule has 4 nitrogen and oxygen atoms in total. The number of nitrogens with zero attached hydrogens (tertiary/aromatic N) is 1. The van der Waals surface area contributed by atoms with E-state index in [-0.39, 0.29) is 12.5 Å². The maximum absolute atomic E-state index is 10.3. The molecule has 0 atom stereocenters. The highest BCUT2D eigenvalue weighted by molar-refractivity contribution is 6.25. The Morgan fingerprint density at radius 1 is 1.50 bits per heavy atom. The van der Waals surface area contributed by atoms with Crippen molar-refractivity contribution in [2.24, 2.45) is 0 Å². The molecule has 0 saturated carbocycles. The largest absolute Gasteiger partial charge is 0.481 e. The standard InChI is InChI=1S/C11H18ClNO3/c12-5-1-6-13-7-2-10(3-8-13)16-9-4-11(14)15/h1,5,10H,2-4,6-9H2,(H,14,15). The maximum atomic E-state index is 10.3. The molecule has 1 aliphatic heterocycles. The minimum Gasteiger partial charge on any atom is -0.481 e. The summed E-state index contributed by atoms with van der Waals surface area (Å²) in [4.78, 5) is 12.6. The normalized spacial score (nSPS) is 19.3. The van der Waals surface area contributed by atoms with E-state index in [4.69, 9.17) is 21.4 Å². The van der Waals surface area contributed by atoms with Gasteiger partial charge in [-0.15, -0.1) is 0 Å². The SMILES string of the molecule is O=C(O)CCOC1CCN(CC=CCl)CC1. The maximum Gasteiger partial charge on any atom is 0.305 e. The summed E-state index contributed by atoms with van der Waals surface area (Å²) >= 11 is 5.46. The first-order chi connectivity index (χ1) is 7.72. The lowest BCUT2D eigenvalue weighted by atomic mass is 10.1. The van der Waals surface area contributed by atoms with Gasteiger partial charge in [0.25, 0.3) is 0 Å². The van der Waals surface area contributed by atoms with E-state index in [0.29, 0.717) is 6.61 Å². The molecule has 5 heteroatoms. The number of hydrogen-bond acceptors (Lipinski definition) is 3. The van der Waals surface area contributed by atoms with Crippen LogP contribution in [-0.2, 0) is 9.53 Å². The van der Waals surface area contributed by atoms with Crippen LogP contribution in [0.15, 0.2) is 11.6 Å². The van der Waals surface area contributed by atoms with Crippen molar-refractivity contribution in [1.29, 1.82) is 0 Å². The average Bonchev–Trinajstić information content (AvgIpc) is 2.27. The molecule has 1 aliphatic rings. The van der Waals surface area contributed by atoms with Gasteiger partial charge in [-0.25, -0.2) is 0 Å². The molecule has 1 N–H and O–H groups in total. The van der Waals surface area contributed by atoms with Gasteiger partial charge in [0.2, 0.25) is 0 Å². The lowest BCUT2D eigenvalue weighted by molar-refractivity contribution is -0.138. The zero-order valence-corrected chi connectivity index (χ0v) is 10.0. The van der Waals surface area contributed by atoms with Crippen LogP contribution in [0.5, 0.6) is 0 Å². The average molecular weight is 248 g/mol. The minimum atomic E-state index is -0.801. The number of carbonyl (C=O) groups is 1. The van der Waals surface area contributed by atoms with Crippen LogP contribution in [0.3, 0.4) is 0 Å². The number of aliphatic carboxylic acids is 1. The summed E-state index contributed by atoms with van der Waals surface area (Å²) in [5, 5.41) is 8.47. The quantitative estimate of drug-likeness (QED) is 0.776. The van der Waals surface area contributed by atoms with Gasteiger partial charge >= 0.3 is 5.97 Å². The van der Waals surface area contributed by atoms with Crippen LogP contribution < -0.4 is 0 Å². The monoisotopic (exact) mass is 247 g/mol. The highest BCUT2D eigenvalue weighted by Crippen LogP contribution is 2.13. The molecule has 0 unspecified atom stereocenters. The van der Waals surface area contributed by atoms with Gasteiger partial charge in [0.1, 0.15) is 0 Å². The molecule has 16 heavy (non-hydrogen) atoms. The number of carboxylic acids is 1. The highest BCUT2D eigenvalue weighted by Gasteiger charge is 2.18. The van der Waals surface area contributed by atoms with Crippen LogP contribution in [0.25, 0.3) is 0 Å². The number of halogens is 1. The van der Waals surface area contributed by atoms with Gasteiger partial charge in [-0.2, -0.15) is 0 Å². The van der Waals surface area contributed by atoms with Crippen molar-refractivity contribution in [3.05, 3.63) is 11.6 Å². The zero-order chi connectivity index (χ0) is 11.8. The second-order valence-corrected chi connectivity index (χ2v) is 4.13. The Hall–Kier alpha value is -0.580. The van der Waals surface area contributed by atoms with E-state index in [0.717, 1.165) is 32.5 Å². The summed E-state index contributed by atoms with van der Waals surface area (Å²) in [6, 6.07) is 0. The Labute approximate surface area is 101 Å². The van der Waals surface area contributed by atoms with E-state index in [2.05, 4.69) is 4.90 Å². The summed E-state index contributed by atoms with van der Waals surface area (Å²) in [6.45, 7) is 3.17. The first kappa shape index (κ1) is 13.5. The fourth-order valence-corrected chi connectivity index (χ4v) is 1.84. The van der Waals surface area contributed by atoms with Gasteiger partial charge in [0.05, 0.1) is 19.1 Å². The van der Waals surface area contributed by atoms with E-state index in [1.54, 1.807) is 0 Å². The molecule has 92 valence electrons. The van der Waals surface area contributed by atoms with Crippen LogP contribution in [0.1, 0.15) is 19.3 Å². The van der Waals surface area contributed by atoms with Crippen molar-refractivity contribution in [3.8, 4) is 0 Å². The third kappa shape index (κ3) is 5.49. The van der Waals surface area contributed by atoms with E-state index in [9.17, 15) is 4.79 Å². The van der Waals surface area contributed by atoms with E-state index < -0.39 is 5.97 Å². The predicted octanol–water partition coefficient (Wildman–Crippen LogP) is 1.69. The smallest absolute Gasteiger partial charge is 0.305 e. The molecule has 1 rings (SSSR count). The van der Waals surface area contributed by atoms with Crippen LogP contribution in [-0.4, -0.2) is 48.3 Å². The zero-order valence-electron chi connectivity index (χ0n) is 9.27. The van der Waals surface area contributed by atoms with Gasteiger partial charge in [-0.3, -0.25) is 9.69 Å². The van der Waals surface area contributed by atoms with Gasteiger partial charge in [-0.1, -0.05) is 17.7 Å². The summed E-state index contributed by atoms with van der Waals surface area (Å²) < 4.78 is 5.49. The molecule has 0 aromatic rings. The van der Waals surface area contributed by atoms with Crippen LogP contribution >= 0.6 is 11.6 Å². The van der Waals surface area contributed by atoms with E-state index in [1.807, 2.05) is 6.08 Å². The number of carboxylic acid groups (broad SMARTS) is 1. The molecule has 1 saturated heterocycles. The third-order valence-electron chi connectivity index (χ3n) is 2.66. The summed E-state index contributed by atoms with van der Waals surface area (Å²) in [7, 11) is 0. The van der Waals surface area contributed by atoms with Crippen molar-refractivity contribution in [1.82, 2.24) is 4.90 Å². The first-order valence-corrected chi connectivity index (χ1v) is 5.97. The van der Waals surface area contributed by atoms with Crippen LogP contribution in [0.2, 0.25) is 0 Å². The fourth-order valence-electron chi connectivity index (χ4n) is 1.76. The molecule has 0 aromatic heterocycles. The fraction of sp³-hybridized carbons (Fsp3) is 0.727. The molecule has 1 heterocycles. The lowest BCUT2D eigenvalue weighted by Crippen LogP contribution is -2.37. The molecule has 0 aromatic carbocycles. The Balaban J connectivity index is 2.09. The van der Waals surface area contributed by atoms with Crippen molar-refractivity contribution >= 4 is 17.6 Å². The van der Waals surface area contributed by atoms with Gasteiger partial charge in [0, 0.05) is 25.2 Å². The number of piperidine rings is 1. The van der Waals surface area contributed by atoms with Crippen molar-refractivity contribution in [2.75, 3.05) is 26.2 Å². The molecular formula is C11H18ClNO3. The van der Waals surface area contributed by atoms with Crippen molar-refractivity contribution in [3.63, 3.8) is 0 Å². The first-order valence-electron chi connectivity index (χ1n) is 5.53. The Morgan fingerprint density at radius 3 is 2.75 bits per heavy atom. The van der Waals surface area contributed by atoms with Crippen LogP contribution in [0.4, 0.5) is 0 Å². The lowest BCUT2D eigenvalue weighted by Gasteiger charge is -2.30. The summed E-state index contributed by atoms with van der Waals surface area (Å²) in [6.07, 6.45) is 4.17. The van der Waals surface area contributed by atoms with Crippen LogP contribution in [0, 0.1) is 0 Å². The highest BCUT2D eigenvalue weighted by atomic mass is 35.5.